The molecule has 0 atom stereocenters. The monoisotopic (exact) mass is 255 g/mol. The summed E-state index contributed by atoms with van der Waals surface area (Å²) >= 11 is 0. The number of nitrogens with two attached hydrogens (primary N) is 1. The Morgan fingerprint density at radius 3 is 2.44 bits per heavy atom. The van der Waals surface area contributed by atoms with Crippen molar-refractivity contribution in [1.29, 1.82) is 0 Å². The zero-order chi connectivity index (χ0) is 13.6. The first-order chi connectivity index (χ1) is 8.62. The van der Waals surface area contributed by atoms with Crippen LogP contribution < -0.4 is 10.5 Å². The standard InChI is InChI=1S/C14H22FNO2/c1-4-14(5-2,10-16)18-9-11-7-6-8-12(17-3)13(11)15/h6-8H,4-5,9-10,16H2,1-3H3. The second-order valence-corrected chi connectivity index (χ2v) is 4.32. The summed E-state index contributed by atoms with van der Waals surface area (Å²) in [6.07, 6.45) is 1.62. The van der Waals surface area contributed by atoms with E-state index in [1.807, 2.05) is 13.8 Å². The Morgan fingerprint density at radius 1 is 1.28 bits per heavy atom. The van der Waals surface area contributed by atoms with Gasteiger partial charge in [-0.25, -0.2) is 4.39 Å². The highest BCUT2D eigenvalue weighted by Crippen LogP contribution is 2.25. The Kier molecular flexibility index (Phi) is 5.56. The van der Waals surface area contributed by atoms with Crippen molar-refractivity contribution < 1.29 is 13.9 Å². The highest BCUT2D eigenvalue weighted by molar-refractivity contribution is 5.30. The van der Waals surface area contributed by atoms with Crippen molar-refractivity contribution in [3.63, 3.8) is 0 Å². The van der Waals surface area contributed by atoms with E-state index in [2.05, 4.69) is 0 Å². The van der Waals surface area contributed by atoms with Gasteiger partial charge in [0.1, 0.15) is 0 Å². The molecule has 0 aliphatic rings. The number of halogens is 1. The van der Waals surface area contributed by atoms with Crippen LogP contribution in [0.15, 0.2) is 18.2 Å². The van der Waals surface area contributed by atoms with E-state index in [-0.39, 0.29) is 23.8 Å². The summed E-state index contributed by atoms with van der Waals surface area (Å²) in [7, 11) is 1.45. The highest BCUT2D eigenvalue weighted by atomic mass is 19.1. The van der Waals surface area contributed by atoms with Crippen molar-refractivity contribution in [2.24, 2.45) is 5.73 Å². The molecule has 0 fully saturated rings. The van der Waals surface area contributed by atoms with Crippen LogP contribution in [0.25, 0.3) is 0 Å². The first-order valence-corrected chi connectivity index (χ1v) is 6.27. The normalized spacial score (nSPS) is 11.6. The lowest BCUT2D eigenvalue weighted by Crippen LogP contribution is -2.39. The van der Waals surface area contributed by atoms with E-state index in [1.165, 1.54) is 7.11 Å². The Bertz CT molecular complexity index is 370. The van der Waals surface area contributed by atoms with Gasteiger partial charge in [-0.3, -0.25) is 0 Å². The molecule has 3 nitrogen and oxygen atoms in total. The molecule has 0 spiro atoms. The zero-order valence-corrected chi connectivity index (χ0v) is 11.3. The summed E-state index contributed by atoms with van der Waals surface area (Å²) in [6.45, 7) is 4.70. The molecule has 1 aromatic rings. The molecule has 102 valence electrons. The van der Waals surface area contributed by atoms with E-state index in [0.29, 0.717) is 12.1 Å². The van der Waals surface area contributed by atoms with E-state index < -0.39 is 0 Å². The van der Waals surface area contributed by atoms with Crippen molar-refractivity contribution in [1.82, 2.24) is 0 Å². The molecule has 0 radical (unpaired) electrons. The fourth-order valence-corrected chi connectivity index (χ4v) is 1.86. The zero-order valence-electron chi connectivity index (χ0n) is 11.3. The van der Waals surface area contributed by atoms with E-state index in [0.717, 1.165) is 12.8 Å². The molecule has 0 bridgehead atoms. The van der Waals surface area contributed by atoms with Crippen molar-refractivity contribution in [2.45, 2.75) is 38.9 Å². The smallest absolute Gasteiger partial charge is 0.170 e. The Hall–Kier alpha value is -1.13. The van der Waals surface area contributed by atoms with Crippen LogP contribution in [0.5, 0.6) is 5.75 Å². The minimum absolute atomic E-state index is 0.210. The number of hydrogen-bond donors (Lipinski definition) is 1. The molecule has 0 aliphatic carbocycles. The molecule has 2 N–H and O–H groups in total. The van der Waals surface area contributed by atoms with Crippen molar-refractivity contribution >= 4 is 0 Å². The van der Waals surface area contributed by atoms with Crippen LogP contribution in [0.1, 0.15) is 32.3 Å². The summed E-state index contributed by atoms with van der Waals surface area (Å²) in [5.41, 5.74) is 5.87. The van der Waals surface area contributed by atoms with Crippen LogP contribution in [-0.2, 0) is 11.3 Å². The maximum Gasteiger partial charge on any atom is 0.170 e. The molecule has 0 unspecified atom stereocenters. The number of methoxy groups -OCH3 is 1. The van der Waals surface area contributed by atoms with E-state index in [4.69, 9.17) is 15.2 Å². The first kappa shape index (κ1) is 14.9. The number of hydrogen-bond acceptors (Lipinski definition) is 3. The lowest BCUT2D eigenvalue weighted by Gasteiger charge is -2.30. The van der Waals surface area contributed by atoms with Gasteiger partial charge < -0.3 is 15.2 Å². The van der Waals surface area contributed by atoms with Gasteiger partial charge in [0.25, 0.3) is 0 Å². The fraction of sp³-hybridized carbons (Fsp3) is 0.571. The molecule has 0 saturated carbocycles. The molecule has 0 aromatic heterocycles. The predicted octanol–water partition coefficient (Wildman–Crippen LogP) is 2.87. The van der Waals surface area contributed by atoms with Crippen LogP contribution in [0.3, 0.4) is 0 Å². The Balaban J connectivity index is 2.79. The Labute approximate surface area is 108 Å². The maximum absolute atomic E-state index is 13.9. The molecular formula is C14H22FNO2. The summed E-state index contributed by atoms with van der Waals surface area (Å²) < 4.78 is 24.7. The van der Waals surface area contributed by atoms with Gasteiger partial charge in [-0.05, 0) is 18.9 Å². The van der Waals surface area contributed by atoms with Crippen LogP contribution in [0, 0.1) is 5.82 Å². The molecule has 1 aromatic carbocycles. The quantitative estimate of drug-likeness (QED) is 0.814. The minimum atomic E-state index is -0.366. The van der Waals surface area contributed by atoms with Crippen molar-refractivity contribution in [2.75, 3.05) is 13.7 Å². The van der Waals surface area contributed by atoms with Gasteiger partial charge >= 0.3 is 0 Å². The third-order valence-corrected chi connectivity index (χ3v) is 3.46. The second-order valence-electron chi connectivity index (χ2n) is 4.32. The molecule has 0 aliphatic heterocycles. The minimum Gasteiger partial charge on any atom is -0.494 e. The average molecular weight is 255 g/mol. The SMILES string of the molecule is CCC(CC)(CN)OCc1cccc(OC)c1F. The van der Waals surface area contributed by atoms with Crippen molar-refractivity contribution in [3.8, 4) is 5.75 Å². The third-order valence-electron chi connectivity index (χ3n) is 3.46. The first-order valence-electron chi connectivity index (χ1n) is 6.27. The van der Waals surface area contributed by atoms with Gasteiger partial charge in [0.15, 0.2) is 11.6 Å². The van der Waals surface area contributed by atoms with E-state index in [1.54, 1.807) is 18.2 Å². The maximum atomic E-state index is 13.9. The fourth-order valence-electron chi connectivity index (χ4n) is 1.86. The molecule has 1 rings (SSSR count). The highest BCUT2D eigenvalue weighted by Gasteiger charge is 2.25. The summed E-state index contributed by atoms with van der Waals surface area (Å²) in [6, 6.07) is 5.04. The lowest BCUT2D eigenvalue weighted by atomic mass is 9.97. The second kappa shape index (κ2) is 6.71. The van der Waals surface area contributed by atoms with E-state index in [9.17, 15) is 4.39 Å². The summed E-state index contributed by atoms with van der Waals surface area (Å²) in [5.74, 6) is -0.124. The van der Waals surface area contributed by atoms with Gasteiger partial charge in [-0.15, -0.1) is 0 Å². The number of benzene rings is 1. The average Bonchev–Trinajstić information content (AvgIpc) is 2.42. The number of rotatable bonds is 7. The molecule has 0 saturated heterocycles. The Morgan fingerprint density at radius 2 is 1.94 bits per heavy atom. The van der Waals surface area contributed by atoms with Gasteiger partial charge in [-0.2, -0.15) is 0 Å². The third kappa shape index (κ3) is 3.21. The van der Waals surface area contributed by atoms with Crippen LogP contribution >= 0.6 is 0 Å². The molecule has 18 heavy (non-hydrogen) atoms. The lowest BCUT2D eigenvalue weighted by molar-refractivity contribution is -0.0563. The molecular weight excluding hydrogens is 233 g/mol. The van der Waals surface area contributed by atoms with Crippen molar-refractivity contribution in [3.05, 3.63) is 29.6 Å². The van der Waals surface area contributed by atoms with Gasteiger partial charge in [0.2, 0.25) is 0 Å². The van der Waals surface area contributed by atoms with Gasteiger partial charge in [0.05, 0.1) is 19.3 Å². The topological polar surface area (TPSA) is 44.5 Å². The molecule has 4 heteroatoms. The van der Waals surface area contributed by atoms with Crippen LogP contribution in [-0.4, -0.2) is 19.3 Å². The largest absolute Gasteiger partial charge is 0.494 e. The molecule has 0 heterocycles. The van der Waals surface area contributed by atoms with Gasteiger partial charge in [0, 0.05) is 12.1 Å². The summed E-state index contributed by atoms with van der Waals surface area (Å²) in [5, 5.41) is 0. The number of ether oxygens (including phenoxy) is 2. The molecule has 0 amide bonds. The van der Waals surface area contributed by atoms with E-state index >= 15 is 0 Å². The van der Waals surface area contributed by atoms with Crippen LogP contribution in [0.2, 0.25) is 0 Å². The van der Waals surface area contributed by atoms with Gasteiger partial charge in [-0.1, -0.05) is 26.0 Å². The predicted molar refractivity (Wildman–Crippen MR) is 70.1 cm³/mol. The van der Waals surface area contributed by atoms with Crippen LogP contribution in [0.4, 0.5) is 4.39 Å². The summed E-state index contributed by atoms with van der Waals surface area (Å²) in [4.78, 5) is 0.